The molecule has 0 saturated heterocycles. The quantitative estimate of drug-likeness (QED) is 0.686. The molecule has 1 heterocycles. The van der Waals surface area contributed by atoms with Crippen LogP contribution in [-0.2, 0) is 20.0 Å². The first-order chi connectivity index (χ1) is 13.7. The smallest absolute Gasteiger partial charge is 0.279 e. The SMILES string of the molecule is O=C(Nc1ccc(N2S(=O)(=O)c3ccccc3S2(=O)=O)cc1)c1ccc(F)cc1. The first kappa shape index (κ1) is 19.1. The highest BCUT2D eigenvalue weighted by molar-refractivity contribution is 8.12. The maximum Gasteiger partial charge on any atom is 0.279 e. The molecule has 4 rings (SSSR count). The topological polar surface area (TPSA) is 101 Å². The number of amides is 1. The molecule has 7 nitrogen and oxygen atoms in total. The number of sulfonamides is 2. The third-order valence-corrected chi connectivity index (χ3v) is 8.71. The van der Waals surface area contributed by atoms with Crippen molar-refractivity contribution in [3.05, 3.63) is 84.2 Å². The molecule has 1 aliphatic rings. The molecule has 0 aromatic heterocycles. The molecule has 0 bridgehead atoms. The van der Waals surface area contributed by atoms with Crippen molar-refractivity contribution >= 4 is 37.3 Å². The van der Waals surface area contributed by atoms with Gasteiger partial charge < -0.3 is 5.32 Å². The summed E-state index contributed by atoms with van der Waals surface area (Å²) in [4.78, 5) is 11.6. The molecule has 148 valence electrons. The number of benzene rings is 3. The van der Waals surface area contributed by atoms with Crippen LogP contribution in [0.2, 0.25) is 0 Å². The molecular weight excluding hydrogens is 419 g/mol. The van der Waals surface area contributed by atoms with Gasteiger partial charge in [0.2, 0.25) is 0 Å². The normalized spacial score (nSPS) is 16.2. The van der Waals surface area contributed by atoms with Gasteiger partial charge in [-0.2, -0.15) is 20.5 Å². The molecule has 0 spiro atoms. The Hall–Kier alpha value is -3.24. The van der Waals surface area contributed by atoms with Crippen LogP contribution < -0.4 is 9.03 Å². The summed E-state index contributed by atoms with van der Waals surface area (Å²) in [5, 5.41) is 2.58. The van der Waals surface area contributed by atoms with Crippen LogP contribution in [-0.4, -0.2) is 22.7 Å². The maximum absolute atomic E-state index is 13.0. The number of carbonyl (C=O) groups excluding carboxylic acids is 1. The Morgan fingerprint density at radius 2 is 1.28 bits per heavy atom. The summed E-state index contributed by atoms with van der Waals surface area (Å²) in [5.74, 6) is -0.966. The van der Waals surface area contributed by atoms with E-state index in [2.05, 4.69) is 5.32 Å². The fourth-order valence-corrected chi connectivity index (χ4v) is 7.38. The zero-order chi connectivity index (χ0) is 20.8. The molecule has 0 unspecified atom stereocenters. The highest BCUT2D eigenvalue weighted by Gasteiger charge is 2.47. The van der Waals surface area contributed by atoms with Gasteiger partial charge in [-0.3, -0.25) is 4.79 Å². The van der Waals surface area contributed by atoms with Gasteiger partial charge in [0, 0.05) is 11.3 Å². The maximum atomic E-state index is 13.0. The lowest BCUT2D eigenvalue weighted by Gasteiger charge is -2.16. The van der Waals surface area contributed by atoms with Crippen molar-refractivity contribution in [3.8, 4) is 0 Å². The Morgan fingerprint density at radius 3 is 1.79 bits per heavy atom. The number of nitrogens with one attached hydrogen (secondary N) is 1. The van der Waals surface area contributed by atoms with E-state index in [-0.39, 0.29) is 21.0 Å². The van der Waals surface area contributed by atoms with E-state index in [1.807, 2.05) is 0 Å². The van der Waals surface area contributed by atoms with Gasteiger partial charge in [-0.15, -0.1) is 0 Å². The van der Waals surface area contributed by atoms with Gasteiger partial charge in [-0.1, -0.05) is 12.1 Å². The predicted octanol–water partition coefficient (Wildman–Crippen LogP) is 2.98. The zero-order valence-corrected chi connectivity index (χ0v) is 16.2. The van der Waals surface area contributed by atoms with Crippen molar-refractivity contribution in [1.29, 1.82) is 0 Å². The second-order valence-electron chi connectivity index (χ2n) is 6.16. The first-order valence-electron chi connectivity index (χ1n) is 8.28. The standard InChI is InChI=1S/C19H13FN2O5S2/c20-14-7-5-13(6-8-14)19(23)21-15-9-11-16(12-10-15)22-28(24,25)17-3-1-2-4-18(17)29(22,26)27/h1-12H,(H,21,23). The van der Waals surface area contributed by atoms with Gasteiger partial charge in [-0.05, 0) is 60.7 Å². The van der Waals surface area contributed by atoms with Crippen molar-refractivity contribution < 1.29 is 26.0 Å². The second kappa shape index (κ2) is 6.68. The number of hydrogen-bond donors (Lipinski definition) is 1. The molecule has 29 heavy (non-hydrogen) atoms. The zero-order valence-electron chi connectivity index (χ0n) is 14.6. The number of hydrogen-bond acceptors (Lipinski definition) is 5. The Balaban J connectivity index is 1.63. The van der Waals surface area contributed by atoms with Crippen molar-refractivity contribution in [2.24, 2.45) is 0 Å². The monoisotopic (exact) mass is 432 g/mol. The third-order valence-electron chi connectivity index (χ3n) is 4.28. The van der Waals surface area contributed by atoms with Gasteiger partial charge in [0.25, 0.3) is 26.0 Å². The number of nitrogens with zero attached hydrogens (tertiary/aromatic N) is 1. The Morgan fingerprint density at radius 1 is 0.759 bits per heavy atom. The van der Waals surface area contributed by atoms with Crippen molar-refractivity contribution in [1.82, 2.24) is 0 Å². The lowest BCUT2D eigenvalue weighted by molar-refractivity contribution is 0.102. The highest BCUT2D eigenvalue weighted by Crippen LogP contribution is 2.40. The summed E-state index contributed by atoms with van der Waals surface area (Å²) in [5.41, 5.74) is 0.464. The number of rotatable bonds is 3. The molecular formula is C19H13FN2O5S2. The molecule has 0 aliphatic carbocycles. The molecule has 0 radical (unpaired) electrons. The Kier molecular flexibility index (Phi) is 4.39. The number of fused-ring (bicyclic) bond motifs is 1. The summed E-state index contributed by atoms with van der Waals surface area (Å²) in [7, 11) is -8.54. The number of halogens is 1. The van der Waals surface area contributed by atoms with E-state index < -0.39 is 31.8 Å². The minimum absolute atomic E-state index is 0.0824. The Bertz CT molecular complexity index is 1270. The van der Waals surface area contributed by atoms with Gasteiger partial charge >= 0.3 is 0 Å². The van der Waals surface area contributed by atoms with Crippen LogP contribution in [0.3, 0.4) is 0 Å². The van der Waals surface area contributed by atoms with Gasteiger partial charge in [0.05, 0.1) is 5.69 Å². The largest absolute Gasteiger partial charge is 0.322 e. The fraction of sp³-hybridized carbons (Fsp3) is 0. The van der Waals surface area contributed by atoms with Crippen LogP contribution in [0.25, 0.3) is 0 Å². The van der Waals surface area contributed by atoms with Crippen LogP contribution in [0.15, 0.2) is 82.6 Å². The van der Waals surface area contributed by atoms with E-state index in [1.54, 1.807) is 0 Å². The molecule has 0 saturated carbocycles. The molecule has 3 aromatic rings. The van der Waals surface area contributed by atoms with Gasteiger partial charge in [0.1, 0.15) is 15.6 Å². The highest BCUT2D eigenvalue weighted by atomic mass is 32.3. The predicted molar refractivity (Wildman–Crippen MR) is 104 cm³/mol. The van der Waals surface area contributed by atoms with Gasteiger partial charge in [-0.25, -0.2) is 4.39 Å². The summed E-state index contributed by atoms with van der Waals surface area (Å²) < 4.78 is 64.2. The van der Waals surface area contributed by atoms with Crippen LogP contribution in [0.4, 0.5) is 15.8 Å². The molecule has 1 amide bonds. The lowest BCUT2D eigenvalue weighted by Crippen LogP contribution is -2.30. The summed E-state index contributed by atoms with van der Waals surface area (Å²) in [6, 6.07) is 15.6. The molecule has 0 fully saturated rings. The summed E-state index contributed by atoms with van der Waals surface area (Å²) >= 11 is 0. The van der Waals surface area contributed by atoms with Crippen LogP contribution in [0, 0.1) is 5.82 Å². The van der Waals surface area contributed by atoms with Crippen LogP contribution in [0.5, 0.6) is 0 Å². The van der Waals surface area contributed by atoms with E-state index in [0.29, 0.717) is 9.40 Å². The van der Waals surface area contributed by atoms with E-state index in [9.17, 15) is 26.0 Å². The van der Waals surface area contributed by atoms with Crippen molar-refractivity contribution in [2.45, 2.75) is 9.79 Å². The minimum Gasteiger partial charge on any atom is -0.322 e. The fourth-order valence-electron chi connectivity index (χ4n) is 2.93. The number of anilines is 2. The van der Waals surface area contributed by atoms with E-state index >= 15 is 0 Å². The van der Waals surface area contributed by atoms with Gasteiger partial charge in [0.15, 0.2) is 0 Å². The van der Waals surface area contributed by atoms with E-state index in [4.69, 9.17) is 0 Å². The van der Waals surface area contributed by atoms with Crippen LogP contribution in [0.1, 0.15) is 10.4 Å². The second-order valence-corrected chi connectivity index (χ2v) is 9.90. The lowest BCUT2D eigenvalue weighted by atomic mass is 10.2. The third kappa shape index (κ3) is 3.15. The molecule has 0 atom stereocenters. The summed E-state index contributed by atoms with van der Waals surface area (Å²) in [6.45, 7) is 0. The average molecular weight is 432 g/mol. The first-order valence-corrected chi connectivity index (χ1v) is 11.2. The minimum atomic E-state index is -4.27. The van der Waals surface area contributed by atoms with E-state index in [0.717, 1.165) is 12.1 Å². The molecule has 3 aromatic carbocycles. The Labute approximate surface area is 166 Å². The molecule has 10 heteroatoms. The van der Waals surface area contributed by atoms with Crippen molar-refractivity contribution in [3.63, 3.8) is 0 Å². The van der Waals surface area contributed by atoms with Crippen molar-refractivity contribution in [2.75, 3.05) is 9.03 Å². The average Bonchev–Trinajstić information content (AvgIpc) is 2.85. The molecule has 1 N–H and O–H groups in total. The van der Waals surface area contributed by atoms with E-state index in [1.165, 1.54) is 60.7 Å². The number of carbonyl (C=O) groups is 1. The molecule has 1 aliphatic heterocycles. The van der Waals surface area contributed by atoms with Crippen LogP contribution >= 0.6 is 0 Å². The summed E-state index contributed by atoms with van der Waals surface area (Å²) in [6.07, 6.45) is 0.